The third-order valence-electron chi connectivity index (χ3n) is 3.19. The molecule has 0 spiro atoms. The number of hydrogen-bond donors (Lipinski definition) is 0. The summed E-state index contributed by atoms with van der Waals surface area (Å²) in [5, 5.41) is 1.22. The standard InChI is InChI=1S/C15H15N/c1-10(2)13-9-15(11-7-8-11)16-14-6-4-3-5-12(13)14/h3-6,9,11H,1,7-8H2,2H3. The van der Waals surface area contributed by atoms with Crippen LogP contribution in [0.3, 0.4) is 0 Å². The SMILES string of the molecule is C=C(C)c1cc(C2CC2)nc2ccccc12. The lowest BCUT2D eigenvalue weighted by molar-refractivity contribution is 1.04. The van der Waals surface area contributed by atoms with Crippen LogP contribution in [-0.2, 0) is 0 Å². The van der Waals surface area contributed by atoms with Crippen molar-refractivity contribution in [2.45, 2.75) is 25.7 Å². The van der Waals surface area contributed by atoms with Gasteiger partial charge in [-0.15, -0.1) is 0 Å². The second kappa shape index (κ2) is 3.44. The Bertz CT molecular complexity index is 565. The van der Waals surface area contributed by atoms with Crippen LogP contribution in [0.15, 0.2) is 36.9 Å². The van der Waals surface area contributed by atoms with Gasteiger partial charge in [-0.25, -0.2) is 0 Å². The van der Waals surface area contributed by atoms with Gasteiger partial charge in [0.25, 0.3) is 0 Å². The summed E-state index contributed by atoms with van der Waals surface area (Å²) in [5.74, 6) is 0.697. The highest BCUT2D eigenvalue weighted by Crippen LogP contribution is 2.40. The Morgan fingerprint density at radius 3 is 2.75 bits per heavy atom. The second-order valence-corrected chi connectivity index (χ2v) is 4.67. The first-order valence-electron chi connectivity index (χ1n) is 5.81. The molecule has 16 heavy (non-hydrogen) atoms. The van der Waals surface area contributed by atoms with Crippen molar-refractivity contribution in [2.75, 3.05) is 0 Å². The Morgan fingerprint density at radius 1 is 1.31 bits per heavy atom. The molecule has 1 heterocycles. The molecular formula is C15H15N. The lowest BCUT2D eigenvalue weighted by atomic mass is 10.0. The first kappa shape index (κ1) is 9.59. The van der Waals surface area contributed by atoms with E-state index in [1.54, 1.807) is 0 Å². The van der Waals surface area contributed by atoms with Crippen LogP contribution >= 0.6 is 0 Å². The fourth-order valence-electron chi connectivity index (χ4n) is 2.14. The number of nitrogens with zero attached hydrogens (tertiary/aromatic N) is 1. The third-order valence-corrected chi connectivity index (χ3v) is 3.19. The van der Waals surface area contributed by atoms with Crippen molar-refractivity contribution in [3.05, 3.63) is 48.2 Å². The molecule has 0 bridgehead atoms. The zero-order valence-corrected chi connectivity index (χ0v) is 9.53. The van der Waals surface area contributed by atoms with Gasteiger partial charge in [0.2, 0.25) is 0 Å². The van der Waals surface area contributed by atoms with E-state index in [1.807, 2.05) is 6.07 Å². The minimum atomic E-state index is 0.697. The highest BCUT2D eigenvalue weighted by molar-refractivity contribution is 5.91. The van der Waals surface area contributed by atoms with Crippen molar-refractivity contribution in [3.8, 4) is 0 Å². The summed E-state index contributed by atoms with van der Waals surface area (Å²) >= 11 is 0. The molecule has 0 atom stereocenters. The summed E-state index contributed by atoms with van der Waals surface area (Å²) in [6, 6.07) is 10.6. The number of fused-ring (bicyclic) bond motifs is 1. The number of benzene rings is 1. The first-order valence-corrected chi connectivity index (χ1v) is 5.81. The molecule has 1 aliphatic rings. The molecule has 1 fully saturated rings. The van der Waals surface area contributed by atoms with E-state index in [9.17, 15) is 0 Å². The van der Waals surface area contributed by atoms with Crippen LogP contribution in [0.5, 0.6) is 0 Å². The molecule has 0 unspecified atom stereocenters. The Morgan fingerprint density at radius 2 is 2.06 bits per heavy atom. The van der Waals surface area contributed by atoms with E-state index in [2.05, 4.69) is 37.8 Å². The van der Waals surface area contributed by atoms with Crippen LogP contribution in [0.1, 0.15) is 36.9 Å². The van der Waals surface area contributed by atoms with Crippen LogP contribution in [0.2, 0.25) is 0 Å². The summed E-state index contributed by atoms with van der Waals surface area (Å²) < 4.78 is 0. The van der Waals surface area contributed by atoms with Gasteiger partial charge in [0.05, 0.1) is 5.52 Å². The highest BCUT2D eigenvalue weighted by atomic mass is 14.7. The minimum Gasteiger partial charge on any atom is -0.253 e. The maximum Gasteiger partial charge on any atom is 0.0711 e. The number of pyridine rings is 1. The Hall–Kier alpha value is -1.63. The van der Waals surface area contributed by atoms with E-state index in [0.717, 1.165) is 11.1 Å². The number of para-hydroxylation sites is 1. The van der Waals surface area contributed by atoms with Crippen LogP contribution in [0.4, 0.5) is 0 Å². The molecule has 0 N–H and O–H groups in total. The molecule has 1 heteroatoms. The van der Waals surface area contributed by atoms with E-state index in [4.69, 9.17) is 4.98 Å². The Balaban J connectivity index is 2.30. The normalized spacial score (nSPS) is 15.3. The molecule has 0 amide bonds. The molecule has 1 aromatic heterocycles. The topological polar surface area (TPSA) is 12.9 Å². The van der Waals surface area contributed by atoms with Crippen LogP contribution in [0, 0.1) is 0 Å². The van der Waals surface area contributed by atoms with Crippen LogP contribution < -0.4 is 0 Å². The first-order chi connectivity index (χ1) is 7.75. The summed E-state index contributed by atoms with van der Waals surface area (Å²) in [4.78, 5) is 4.74. The van der Waals surface area contributed by atoms with Gasteiger partial charge in [-0.3, -0.25) is 4.98 Å². The van der Waals surface area contributed by atoms with Gasteiger partial charge < -0.3 is 0 Å². The summed E-state index contributed by atoms with van der Waals surface area (Å²) in [7, 11) is 0. The van der Waals surface area contributed by atoms with Crippen molar-refractivity contribution in [1.82, 2.24) is 4.98 Å². The highest BCUT2D eigenvalue weighted by Gasteiger charge is 2.25. The molecule has 80 valence electrons. The Kier molecular flexibility index (Phi) is 2.06. The van der Waals surface area contributed by atoms with E-state index in [1.165, 1.54) is 29.5 Å². The molecule has 1 nitrogen and oxygen atoms in total. The summed E-state index contributed by atoms with van der Waals surface area (Å²) in [6.07, 6.45) is 2.59. The van der Waals surface area contributed by atoms with Gasteiger partial charge in [0.1, 0.15) is 0 Å². The van der Waals surface area contributed by atoms with Crippen molar-refractivity contribution >= 4 is 16.5 Å². The van der Waals surface area contributed by atoms with E-state index in [0.29, 0.717) is 5.92 Å². The van der Waals surface area contributed by atoms with Crippen LogP contribution in [0.25, 0.3) is 16.5 Å². The fourth-order valence-corrected chi connectivity index (χ4v) is 2.14. The molecule has 0 radical (unpaired) electrons. The molecular weight excluding hydrogens is 194 g/mol. The van der Waals surface area contributed by atoms with Gasteiger partial charge in [0, 0.05) is 17.0 Å². The van der Waals surface area contributed by atoms with Gasteiger partial charge in [-0.05, 0) is 37.5 Å². The maximum atomic E-state index is 4.74. The van der Waals surface area contributed by atoms with Crippen LogP contribution in [-0.4, -0.2) is 4.98 Å². The fraction of sp³-hybridized carbons (Fsp3) is 0.267. The largest absolute Gasteiger partial charge is 0.253 e. The monoisotopic (exact) mass is 209 g/mol. The predicted octanol–water partition coefficient (Wildman–Crippen LogP) is 4.15. The molecule has 0 aliphatic heterocycles. The number of aromatic nitrogens is 1. The zero-order chi connectivity index (χ0) is 11.1. The van der Waals surface area contributed by atoms with Crippen molar-refractivity contribution in [2.24, 2.45) is 0 Å². The van der Waals surface area contributed by atoms with Gasteiger partial charge in [-0.1, -0.05) is 30.4 Å². The van der Waals surface area contributed by atoms with E-state index >= 15 is 0 Å². The number of rotatable bonds is 2. The van der Waals surface area contributed by atoms with Crippen molar-refractivity contribution < 1.29 is 0 Å². The lowest BCUT2D eigenvalue weighted by Gasteiger charge is -2.08. The summed E-state index contributed by atoms with van der Waals surface area (Å²) in [6.45, 7) is 6.14. The lowest BCUT2D eigenvalue weighted by Crippen LogP contribution is -1.92. The van der Waals surface area contributed by atoms with Crippen molar-refractivity contribution in [3.63, 3.8) is 0 Å². The summed E-state index contributed by atoms with van der Waals surface area (Å²) in [5.41, 5.74) is 4.73. The van der Waals surface area contributed by atoms with E-state index < -0.39 is 0 Å². The predicted molar refractivity (Wildman–Crippen MR) is 68.4 cm³/mol. The Labute approximate surface area is 95.8 Å². The quantitative estimate of drug-likeness (QED) is 0.724. The number of hydrogen-bond acceptors (Lipinski definition) is 1. The van der Waals surface area contributed by atoms with Gasteiger partial charge in [-0.2, -0.15) is 0 Å². The molecule has 1 saturated carbocycles. The smallest absolute Gasteiger partial charge is 0.0711 e. The molecule has 3 rings (SSSR count). The van der Waals surface area contributed by atoms with Gasteiger partial charge in [0.15, 0.2) is 0 Å². The van der Waals surface area contributed by atoms with E-state index in [-0.39, 0.29) is 0 Å². The molecule has 1 aromatic carbocycles. The second-order valence-electron chi connectivity index (χ2n) is 4.67. The molecule has 2 aromatic rings. The van der Waals surface area contributed by atoms with Crippen molar-refractivity contribution in [1.29, 1.82) is 0 Å². The molecule has 0 saturated heterocycles. The minimum absolute atomic E-state index is 0.697. The van der Waals surface area contributed by atoms with Gasteiger partial charge >= 0.3 is 0 Å². The number of allylic oxidation sites excluding steroid dienone is 1. The maximum absolute atomic E-state index is 4.74. The average Bonchev–Trinajstić information content (AvgIpc) is 3.11. The zero-order valence-electron chi connectivity index (χ0n) is 9.53. The molecule has 1 aliphatic carbocycles. The average molecular weight is 209 g/mol. The third kappa shape index (κ3) is 1.53.